The van der Waals surface area contributed by atoms with Gasteiger partial charge in [-0.3, -0.25) is 0 Å². The lowest BCUT2D eigenvalue weighted by atomic mass is 10.0. The molecule has 2 N–H and O–H groups in total. The third kappa shape index (κ3) is 1.92. The summed E-state index contributed by atoms with van der Waals surface area (Å²) in [6.45, 7) is 4.53. The Hall–Kier alpha value is -1.61. The highest BCUT2D eigenvalue weighted by Gasteiger charge is 2.09. The molecule has 0 bridgehead atoms. The maximum atomic E-state index is 5.59. The summed E-state index contributed by atoms with van der Waals surface area (Å²) >= 11 is 0. The first-order chi connectivity index (χ1) is 7.20. The smallest absolute Gasteiger partial charge is 0.181 e. The third-order valence-electron chi connectivity index (χ3n) is 2.32. The van der Waals surface area contributed by atoms with Gasteiger partial charge < -0.3 is 10.2 Å². The van der Waals surface area contributed by atoms with Crippen LogP contribution in [0.3, 0.4) is 0 Å². The molecule has 0 radical (unpaired) electrons. The molecular weight excluding hydrogens is 188 g/mol. The lowest BCUT2D eigenvalue weighted by Crippen LogP contribution is -1.98. The van der Waals surface area contributed by atoms with Crippen LogP contribution in [0, 0.1) is 13.8 Å². The maximum absolute atomic E-state index is 5.59. The summed E-state index contributed by atoms with van der Waals surface area (Å²) in [5, 5.41) is 0. The topological polar surface area (TPSA) is 52.0 Å². The van der Waals surface area contributed by atoms with Crippen LogP contribution in [0.25, 0.3) is 11.3 Å². The van der Waals surface area contributed by atoms with Gasteiger partial charge in [0.2, 0.25) is 0 Å². The van der Waals surface area contributed by atoms with Gasteiger partial charge in [-0.25, -0.2) is 4.98 Å². The minimum absolute atomic E-state index is 0.402. The fourth-order valence-corrected chi connectivity index (χ4v) is 1.76. The van der Waals surface area contributed by atoms with Gasteiger partial charge >= 0.3 is 0 Å². The van der Waals surface area contributed by atoms with Gasteiger partial charge in [0.15, 0.2) is 12.2 Å². The Labute approximate surface area is 88.9 Å². The second kappa shape index (κ2) is 3.87. The maximum Gasteiger partial charge on any atom is 0.181 e. The van der Waals surface area contributed by atoms with Crippen molar-refractivity contribution in [3.63, 3.8) is 0 Å². The summed E-state index contributed by atoms with van der Waals surface area (Å²) in [4.78, 5) is 4.08. The monoisotopic (exact) mass is 202 g/mol. The van der Waals surface area contributed by atoms with Crippen LogP contribution < -0.4 is 5.73 Å². The van der Waals surface area contributed by atoms with Crippen molar-refractivity contribution in [3.05, 3.63) is 41.4 Å². The summed E-state index contributed by atoms with van der Waals surface area (Å²) in [5.41, 5.74) is 9.86. The zero-order valence-corrected chi connectivity index (χ0v) is 8.95. The van der Waals surface area contributed by atoms with Crippen LogP contribution in [0.1, 0.15) is 16.8 Å². The Kier molecular flexibility index (Phi) is 2.56. The van der Waals surface area contributed by atoms with E-state index in [-0.39, 0.29) is 0 Å². The number of rotatable bonds is 2. The highest BCUT2D eigenvalue weighted by Crippen LogP contribution is 2.24. The van der Waals surface area contributed by atoms with E-state index in [9.17, 15) is 0 Å². The Bertz CT molecular complexity index is 454. The predicted octanol–water partition coefficient (Wildman–Crippen LogP) is 2.42. The third-order valence-corrected chi connectivity index (χ3v) is 2.32. The van der Waals surface area contributed by atoms with E-state index in [1.54, 1.807) is 0 Å². The Morgan fingerprint density at radius 2 is 1.87 bits per heavy atom. The zero-order valence-electron chi connectivity index (χ0n) is 8.95. The molecular formula is C12H14N2O. The van der Waals surface area contributed by atoms with Crippen molar-refractivity contribution in [2.24, 2.45) is 5.73 Å². The van der Waals surface area contributed by atoms with Gasteiger partial charge in [0.1, 0.15) is 5.69 Å². The number of aromatic nitrogens is 1. The van der Waals surface area contributed by atoms with Gasteiger partial charge in [-0.2, -0.15) is 0 Å². The number of oxazole rings is 1. The molecule has 1 aromatic heterocycles. The molecule has 2 aromatic rings. The molecule has 1 aromatic carbocycles. The van der Waals surface area contributed by atoms with Crippen molar-refractivity contribution in [2.75, 3.05) is 0 Å². The number of hydrogen-bond acceptors (Lipinski definition) is 3. The number of aryl methyl sites for hydroxylation is 2. The predicted molar refractivity (Wildman–Crippen MR) is 59.3 cm³/mol. The highest BCUT2D eigenvalue weighted by molar-refractivity contribution is 5.61. The summed E-state index contributed by atoms with van der Waals surface area (Å²) in [5.74, 6) is 0.782. The summed E-state index contributed by atoms with van der Waals surface area (Å²) in [6.07, 6.45) is 1.44. The molecule has 78 valence electrons. The van der Waals surface area contributed by atoms with E-state index in [1.807, 2.05) is 0 Å². The molecule has 0 aliphatic carbocycles. The molecule has 0 amide bonds. The van der Waals surface area contributed by atoms with Crippen molar-refractivity contribution < 1.29 is 4.42 Å². The molecule has 0 spiro atoms. The second-order valence-corrected chi connectivity index (χ2v) is 3.71. The summed E-state index contributed by atoms with van der Waals surface area (Å²) in [6, 6.07) is 6.28. The van der Waals surface area contributed by atoms with Crippen molar-refractivity contribution in [2.45, 2.75) is 20.4 Å². The lowest BCUT2D eigenvalue weighted by molar-refractivity contribution is 0.571. The number of nitrogens with zero attached hydrogens (tertiary/aromatic N) is 1. The van der Waals surface area contributed by atoms with Crippen molar-refractivity contribution >= 4 is 0 Å². The van der Waals surface area contributed by atoms with E-state index in [0.717, 1.165) is 17.0 Å². The van der Waals surface area contributed by atoms with Crippen LogP contribution >= 0.6 is 0 Å². The second-order valence-electron chi connectivity index (χ2n) is 3.71. The summed E-state index contributed by atoms with van der Waals surface area (Å²) < 4.78 is 5.36. The van der Waals surface area contributed by atoms with E-state index in [0.29, 0.717) is 6.54 Å². The first-order valence-electron chi connectivity index (χ1n) is 4.92. The van der Waals surface area contributed by atoms with E-state index < -0.39 is 0 Å². The fourth-order valence-electron chi connectivity index (χ4n) is 1.76. The molecule has 0 saturated carbocycles. The Morgan fingerprint density at radius 3 is 2.47 bits per heavy atom. The highest BCUT2D eigenvalue weighted by atomic mass is 16.3. The fraction of sp³-hybridized carbons (Fsp3) is 0.250. The van der Waals surface area contributed by atoms with Gasteiger partial charge in [-0.1, -0.05) is 17.2 Å². The molecule has 0 atom stereocenters. The van der Waals surface area contributed by atoms with E-state index in [2.05, 4.69) is 37.0 Å². The molecule has 0 fully saturated rings. The van der Waals surface area contributed by atoms with Crippen molar-refractivity contribution in [1.29, 1.82) is 0 Å². The van der Waals surface area contributed by atoms with Gasteiger partial charge in [0, 0.05) is 12.1 Å². The molecule has 0 unspecified atom stereocenters. The first kappa shape index (κ1) is 9.93. The Morgan fingerprint density at radius 1 is 1.20 bits per heavy atom. The van der Waals surface area contributed by atoms with Crippen LogP contribution in [0.5, 0.6) is 0 Å². The number of nitrogens with two attached hydrogens (primary N) is 1. The number of hydrogen-bond donors (Lipinski definition) is 1. The molecule has 3 nitrogen and oxygen atoms in total. The van der Waals surface area contributed by atoms with Crippen molar-refractivity contribution in [1.82, 2.24) is 4.98 Å². The van der Waals surface area contributed by atoms with Gasteiger partial charge in [0.25, 0.3) is 0 Å². The van der Waals surface area contributed by atoms with E-state index >= 15 is 0 Å². The standard InChI is InChI=1S/C12H14N2O/c1-8-3-9(2)5-10(4-8)12-11(6-13)14-7-15-12/h3-5,7H,6,13H2,1-2H3. The normalized spacial score (nSPS) is 10.6. The SMILES string of the molecule is Cc1cc(C)cc(-c2ocnc2CN)c1. The minimum Gasteiger partial charge on any atom is -0.443 e. The molecule has 15 heavy (non-hydrogen) atoms. The van der Waals surface area contributed by atoms with Crippen LogP contribution in [-0.4, -0.2) is 4.98 Å². The number of benzene rings is 1. The zero-order chi connectivity index (χ0) is 10.8. The Balaban J connectivity index is 2.53. The van der Waals surface area contributed by atoms with Gasteiger partial charge in [-0.05, 0) is 26.0 Å². The molecule has 1 heterocycles. The van der Waals surface area contributed by atoms with Crippen molar-refractivity contribution in [3.8, 4) is 11.3 Å². The molecule has 0 saturated heterocycles. The first-order valence-corrected chi connectivity index (χ1v) is 4.92. The summed E-state index contributed by atoms with van der Waals surface area (Å²) in [7, 11) is 0. The molecule has 3 heteroatoms. The average Bonchev–Trinajstić information content (AvgIpc) is 2.63. The largest absolute Gasteiger partial charge is 0.443 e. The van der Waals surface area contributed by atoms with E-state index in [4.69, 9.17) is 10.2 Å². The lowest BCUT2D eigenvalue weighted by Gasteiger charge is -2.03. The quantitative estimate of drug-likeness (QED) is 0.813. The van der Waals surface area contributed by atoms with Gasteiger partial charge in [0.05, 0.1) is 0 Å². The molecule has 0 aliphatic rings. The molecule has 2 rings (SSSR count). The van der Waals surface area contributed by atoms with Crippen LogP contribution in [-0.2, 0) is 6.54 Å². The molecule has 0 aliphatic heterocycles. The minimum atomic E-state index is 0.402. The van der Waals surface area contributed by atoms with E-state index in [1.165, 1.54) is 17.5 Å². The van der Waals surface area contributed by atoms with Crippen LogP contribution in [0.15, 0.2) is 29.0 Å². The van der Waals surface area contributed by atoms with Crippen LogP contribution in [0.4, 0.5) is 0 Å². The average molecular weight is 202 g/mol. The van der Waals surface area contributed by atoms with Gasteiger partial charge in [-0.15, -0.1) is 0 Å². The van der Waals surface area contributed by atoms with Crippen LogP contribution in [0.2, 0.25) is 0 Å².